The predicted molar refractivity (Wildman–Crippen MR) is 57.4 cm³/mol. The zero-order chi connectivity index (χ0) is 11.3. The Morgan fingerprint density at radius 1 is 1.60 bits per heavy atom. The van der Waals surface area contributed by atoms with Crippen LogP contribution in [0.25, 0.3) is 0 Å². The minimum atomic E-state index is 0.103. The average molecular weight is 210 g/mol. The monoisotopic (exact) mass is 210 g/mol. The van der Waals surface area contributed by atoms with Gasteiger partial charge in [0.15, 0.2) is 5.78 Å². The van der Waals surface area contributed by atoms with E-state index in [0.29, 0.717) is 24.6 Å². The maximum atomic E-state index is 11.7. The fourth-order valence-corrected chi connectivity index (χ4v) is 1.48. The first-order chi connectivity index (χ1) is 7.15. The van der Waals surface area contributed by atoms with Crippen LogP contribution in [0.2, 0.25) is 0 Å². The predicted octanol–water partition coefficient (Wildman–Crippen LogP) is 0.763. The summed E-state index contributed by atoms with van der Waals surface area (Å²) < 4.78 is 1.51. The van der Waals surface area contributed by atoms with Crippen LogP contribution in [0.4, 0.5) is 0 Å². The summed E-state index contributed by atoms with van der Waals surface area (Å²) in [4.78, 5) is 11.7. The van der Waals surface area contributed by atoms with Crippen molar-refractivity contribution in [3.63, 3.8) is 0 Å². The molecule has 15 heavy (non-hydrogen) atoms. The molecule has 5 heteroatoms. The number of aryl methyl sites for hydroxylation is 1. The average Bonchev–Trinajstić information content (AvgIpc) is 2.61. The van der Waals surface area contributed by atoms with Crippen molar-refractivity contribution < 1.29 is 4.79 Å². The third-order valence-electron chi connectivity index (χ3n) is 2.52. The van der Waals surface area contributed by atoms with Crippen molar-refractivity contribution in [3.8, 4) is 0 Å². The highest BCUT2D eigenvalue weighted by molar-refractivity contribution is 5.94. The molecule has 0 saturated carbocycles. The van der Waals surface area contributed by atoms with E-state index in [4.69, 9.17) is 5.73 Å². The molecule has 1 heterocycles. The van der Waals surface area contributed by atoms with Crippen LogP contribution in [0.15, 0.2) is 6.20 Å². The van der Waals surface area contributed by atoms with Crippen molar-refractivity contribution in [1.29, 1.82) is 0 Å². The Hall–Kier alpha value is -1.23. The summed E-state index contributed by atoms with van der Waals surface area (Å²) >= 11 is 0. The van der Waals surface area contributed by atoms with Gasteiger partial charge >= 0.3 is 0 Å². The number of rotatable bonds is 6. The minimum absolute atomic E-state index is 0.103. The normalized spacial score (nSPS) is 12.7. The highest BCUT2D eigenvalue weighted by Crippen LogP contribution is 2.11. The smallest absolute Gasteiger partial charge is 0.182 e. The molecule has 2 N–H and O–H groups in total. The number of carbonyl (C=O) groups is 1. The lowest BCUT2D eigenvalue weighted by molar-refractivity contribution is 0.0965. The summed E-state index contributed by atoms with van der Waals surface area (Å²) in [7, 11) is 1.73. The zero-order valence-corrected chi connectivity index (χ0v) is 9.31. The van der Waals surface area contributed by atoms with E-state index in [1.54, 1.807) is 7.05 Å². The van der Waals surface area contributed by atoms with Gasteiger partial charge in [0.2, 0.25) is 0 Å². The molecule has 5 nitrogen and oxygen atoms in total. The second kappa shape index (κ2) is 5.60. The van der Waals surface area contributed by atoms with E-state index in [1.165, 1.54) is 10.9 Å². The van der Waals surface area contributed by atoms with Gasteiger partial charge in [-0.25, -0.2) is 4.68 Å². The highest BCUT2D eigenvalue weighted by atomic mass is 16.1. The van der Waals surface area contributed by atoms with Crippen LogP contribution < -0.4 is 5.73 Å². The number of nitrogens with zero attached hydrogens (tertiary/aromatic N) is 3. The van der Waals surface area contributed by atoms with Crippen LogP contribution in [0.5, 0.6) is 0 Å². The van der Waals surface area contributed by atoms with Gasteiger partial charge in [-0.2, -0.15) is 0 Å². The third-order valence-corrected chi connectivity index (χ3v) is 2.52. The molecule has 0 amide bonds. The molecule has 0 aliphatic rings. The lowest BCUT2D eigenvalue weighted by Crippen LogP contribution is -2.10. The molecule has 1 rings (SSSR count). The highest BCUT2D eigenvalue weighted by Gasteiger charge is 2.12. The van der Waals surface area contributed by atoms with Crippen LogP contribution >= 0.6 is 0 Å². The maximum Gasteiger partial charge on any atom is 0.182 e. The summed E-state index contributed by atoms with van der Waals surface area (Å²) in [5.41, 5.74) is 6.02. The first-order valence-electron chi connectivity index (χ1n) is 5.23. The molecule has 0 aromatic carbocycles. The van der Waals surface area contributed by atoms with E-state index in [9.17, 15) is 4.79 Å². The molecule has 0 aliphatic heterocycles. The van der Waals surface area contributed by atoms with Crippen molar-refractivity contribution in [2.24, 2.45) is 18.7 Å². The van der Waals surface area contributed by atoms with Crippen molar-refractivity contribution in [3.05, 3.63) is 11.9 Å². The Labute approximate surface area is 89.6 Å². The van der Waals surface area contributed by atoms with E-state index in [0.717, 1.165) is 12.8 Å². The molecular weight excluding hydrogens is 192 g/mol. The van der Waals surface area contributed by atoms with E-state index in [1.807, 2.05) is 0 Å². The Bertz CT molecular complexity index is 321. The topological polar surface area (TPSA) is 73.8 Å². The molecule has 0 radical (unpaired) electrons. The lowest BCUT2D eigenvalue weighted by atomic mass is 9.99. The largest absolute Gasteiger partial charge is 0.330 e. The van der Waals surface area contributed by atoms with Gasteiger partial charge in [0.25, 0.3) is 0 Å². The molecule has 0 saturated heterocycles. The molecule has 0 fully saturated rings. The van der Waals surface area contributed by atoms with Crippen LogP contribution in [0.1, 0.15) is 36.7 Å². The molecule has 0 bridgehead atoms. The van der Waals surface area contributed by atoms with Crippen LogP contribution in [0, 0.1) is 5.92 Å². The maximum absolute atomic E-state index is 11.7. The molecule has 1 aromatic rings. The number of Topliss-reactive ketones (excluding diaryl/α,β-unsaturated/α-hetero) is 1. The fourth-order valence-electron chi connectivity index (χ4n) is 1.48. The van der Waals surface area contributed by atoms with Crippen molar-refractivity contribution in [2.45, 2.75) is 26.2 Å². The number of aromatic nitrogens is 3. The van der Waals surface area contributed by atoms with Gasteiger partial charge in [0.05, 0.1) is 6.20 Å². The van der Waals surface area contributed by atoms with Crippen LogP contribution in [0.3, 0.4) is 0 Å². The van der Waals surface area contributed by atoms with Crippen molar-refractivity contribution >= 4 is 5.78 Å². The van der Waals surface area contributed by atoms with Gasteiger partial charge in [0.1, 0.15) is 5.69 Å². The van der Waals surface area contributed by atoms with Crippen molar-refractivity contribution in [2.75, 3.05) is 6.54 Å². The van der Waals surface area contributed by atoms with Gasteiger partial charge in [-0.15, -0.1) is 5.10 Å². The number of hydrogen-bond acceptors (Lipinski definition) is 4. The molecule has 0 aliphatic carbocycles. The second-order valence-electron chi connectivity index (χ2n) is 3.89. The summed E-state index contributed by atoms with van der Waals surface area (Å²) in [6.07, 6.45) is 3.90. The quantitative estimate of drug-likeness (QED) is 0.703. The zero-order valence-electron chi connectivity index (χ0n) is 9.31. The summed E-state index contributed by atoms with van der Waals surface area (Å²) in [5, 5.41) is 7.41. The molecule has 1 atom stereocenters. The Morgan fingerprint density at radius 2 is 2.33 bits per heavy atom. The lowest BCUT2D eigenvalue weighted by Gasteiger charge is -2.08. The number of ketones is 1. The summed E-state index contributed by atoms with van der Waals surface area (Å²) in [6, 6.07) is 0. The van der Waals surface area contributed by atoms with Gasteiger partial charge < -0.3 is 5.73 Å². The molecule has 1 unspecified atom stereocenters. The summed E-state index contributed by atoms with van der Waals surface area (Å²) in [6.45, 7) is 2.80. The standard InChI is InChI=1S/C10H18N4O/c1-8(5-6-11)3-4-10(15)9-7-12-13-14(9)2/h7-8H,3-6,11H2,1-2H3. The van der Waals surface area contributed by atoms with Gasteiger partial charge in [-0.05, 0) is 25.3 Å². The number of nitrogens with two attached hydrogens (primary N) is 1. The van der Waals surface area contributed by atoms with Gasteiger partial charge in [-0.1, -0.05) is 12.1 Å². The van der Waals surface area contributed by atoms with Gasteiger partial charge in [-0.3, -0.25) is 4.79 Å². The molecule has 1 aromatic heterocycles. The Kier molecular flexibility index (Phi) is 4.42. The minimum Gasteiger partial charge on any atom is -0.330 e. The van der Waals surface area contributed by atoms with E-state index in [-0.39, 0.29) is 5.78 Å². The van der Waals surface area contributed by atoms with E-state index in [2.05, 4.69) is 17.2 Å². The number of carbonyl (C=O) groups excluding carboxylic acids is 1. The molecular formula is C10H18N4O. The van der Waals surface area contributed by atoms with E-state index >= 15 is 0 Å². The molecule has 0 spiro atoms. The van der Waals surface area contributed by atoms with Gasteiger partial charge in [0, 0.05) is 13.5 Å². The van der Waals surface area contributed by atoms with Crippen LogP contribution in [-0.4, -0.2) is 27.3 Å². The first kappa shape index (κ1) is 11.8. The number of hydrogen-bond donors (Lipinski definition) is 1. The second-order valence-corrected chi connectivity index (χ2v) is 3.89. The Morgan fingerprint density at radius 3 is 2.87 bits per heavy atom. The SMILES string of the molecule is CC(CCN)CCC(=O)c1cnnn1C. The van der Waals surface area contributed by atoms with Crippen LogP contribution in [-0.2, 0) is 7.05 Å². The Balaban J connectivity index is 2.40. The fraction of sp³-hybridized carbons (Fsp3) is 0.700. The van der Waals surface area contributed by atoms with Crippen molar-refractivity contribution in [1.82, 2.24) is 15.0 Å². The first-order valence-corrected chi connectivity index (χ1v) is 5.23. The van der Waals surface area contributed by atoms with E-state index < -0.39 is 0 Å². The third kappa shape index (κ3) is 3.43. The molecule has 84 valence electrons. The summed E-state index contributed by atoms with van der Waals surface area (Å²) in [5.74, 6) is 0.603.